The standard InChI is InChI=1S/C20H28ClNO3S/c1-3-19(20-10-13-6-14(11-20)8-15(7-13)12-20)22-26(23,24)16-4-5-17(21)18(9-16)25-2/h4-5,9,13-15,19,22H,3,6-8,10-12H2,1-2H3/t13?,14?,15?,19-,20?/m1/s1. The van der Waals surface area contributed by atoms with Gasteiger partial charge in [0.2, 0.25) is 10.0 Å². The minimum Gasteiger partial charge on any atom is -0.495 e. The second-order valence-corrected chi connectivity index (χ2v) is 10.8. The molecule has 0 heterocycles. The van der Waals surface area contributed by atoms with E-state index in [0.29, 0.717) is 10.8 Å². The molecule has 1 N–H and O–H groups in total. The van der Waals surface area contributed by atoms with Crippen molar-refractivity contribution in [3.63, 3.8) is 0 Å². The molecule has 4 bridgehead atoms. The van der Waals surface area contributed by atoms with E-state index in [-0.39, 0.29) is 16.4 Å². The van der Waals surface area contributed by atoms with Gasteiger partial charge < -0.3 is 4.74 Å². The fraction of sp³-hybridized carbons (Fsp3) is 0.700. The van der Waals surface area contributed by atoms with Crippen LogP contribution in [0.1, 0.15) is 51.9 Å². The number of hydrogen-bond donors (Lipinski definition) is 1. The Kier molecular flexibility index (Phi) is 4.77. The van der Waals surface area contributed by atoms with Crippen LogP contribution in [0.25, 0.3) is 0 Å². The van der Waals surface area contributed by atoms with E-state index in [1.165, 1.54) is 51.7 Å². The molecule has 144 valence electrons. The highest BCUT2D eigenvalue weighted by molar-refractivity contribution is 7.89. The Hall–Kier alpha value is -0.780. The summed E-state index contributed by atoms with van der Waals surface area (Å²) in [4.78, 5) is 0.224. The van der Waals surface area contributed by atoms with E-state index >= 15 is 0 Å². The molecule has 0 radical (unpaired) electrons. The van der Waals surface area contributed by atoms with E-state index in [1.54, 1.807) is 12.1 Å². The van der Waals surface area contributed by atoms with Crippen molar-refractivity contribution in [2.24, 2.45) is 23.2 Å². The lowest BCUT2D eigenvalue weighted by atomic mass is 9.47. The van der Waals surface area contributed by atoms with Crippen LogP contribution in [0, 0.1) is 23.2 Å². The summed E-state index contributed by atoms with van der Waals surface area (Å²) in [5, 5.41) is 0.416. The van der Waals surface area contributed by atoms with Gasteiger partial charge in [0, 0.05) is 12.1 Å². The minimum atomic E-state index is -3.60. The van der Waals surface area contributed by atoms with Gasteiger partial charge in [0.25, 0.3) is 0 Å². The summed E-state index contributed by atoms with van der Waals surface area (Å²) in [7, 11) is -2.11. The van der Waals surface area contributed by atoms with Crippen LogP contribution in [0.2, 0.25) is 5.02 Å². The van der Waals surface area contributed by atoms with Crippen molar-refractivity contribution < 1.29 is 13.2 Å². The number of benzene rings is 1. The van der Waals surface area contributed by atoms with Crippen LogP contribution in [0.15, 0.2) is 23.1 Å². The van der Waals surface area contributed by atoms with E-state index in [4.69, 9.17) is 16.3 Å². The molecule has 4 nitrogen and oxygen atoms in total. The molecule has 1 atom stereocenters. The van der Waals surface area contributed by atoms with Crippen LogP contribution in [0.3, 0.4) is 0 Å². The monoisotopic (exact) mass is 397 g/mol. The van der Waals surface area contributed by atoms with Crippen LogP contribution >= 0.6 is 11.6 Å². The number of methoxy groups -OCH3 is 1. The Morgan fingerprint density at radius 3 is 2.27 bits per heavy atom. The van der Waals surface area contributed by atoms with Crippen LogP contribution in [0.4, 0.5) is 0 Å². The third-order valence-electron chi connectivity index (χ3n) is 6.96. The van der Waals surface area contributed by atoms with Gasteiger partial charge in [0.15, 0.2) is 0 Å². The Labute approximate surface area is 161 Å². The fourth-order valence-corrected chi connectivity index (χ4v) is 7.94. The molecular formula is C20H28ClNO3S. The second-order valence-electron chi connectivity index (χ2n) is 8.66. The summed E-state index contributed by atoms with van der Waals surface area (Å²) in [5.41, 5.74) is 0.146. The SMILES string of the molecule is CC[C@@H](NS(=O)(=O)c1ccc(Cl)c(OC)c1)C12CC3CC(CC(C3)C1)C2. The smallest absolute Gasteiger partial charge is 0.240 e. The van der Waals surface area contributed by atoms with Crippen molar-refractivity contribution in [3.8, 4) is 5.75 Å². The number of hydrogen-bond acceptors (Lipinski definition) is 3. The molecule has 0 aromatic heterocycles. The van der Waals surface area contributed by atoms with Crippen LogP contribution in [-0.2, 0) is 10.0 Å². The number of ether oxygens (including phenoxy) is 1. The first-order valence-electron chi connectivity index (χ1n) is 9.71. The number of halogens is 1. The molecule has 1 aromatic rings. The zero-order valence-corrected chi connectivity index (χ0v) is 17.1. The van der Waals surface area contributed by atoms with Gasteiger partial charge in [-0.15, -0.1) is 0 Å². The van der Waals surface area contributed by atoms with Crippen molar-refractivity contribution in [2.75, 3.05) is 7.11 Å². The summed E-state index contributed by atoms with van der Waals surface area (Å²) in [5.74, 6) is 2.79. The van der Waals surface area contributed by atoms with Crippen LogP contribution in [-0.4, -0.2) is 21.6 Å². The normalized spacial score (nSPS) is 34.0. The van der Waals surface area contributed by atoms with Crippen molar-refractivity contribution in [2.45, 2.75) is 62.8 Å². The van der Waals surface area contributed by atoms with Crippen molar-refractivity contribution in [1.82, 2.24) is 4.72 Å². The molecule has 4 aliphatic carbocycles. The molecule has 26 heavy (non-hydrogen) atoms. The Balaban J connectivity index is 1.60. The fourth-order valence-electron chi connectivity index (χ4n) is 6.31. The van der Waals surface area contributed by atoms with E-state index in [0.717, 1.165) is 24.2 Å². The van der Waals surface area contributed by atoms with Crippen LogP contribution in [0.5, 0.6) is 5.75 Å². The van der Waals surface area contributed by atoms with E-state index in [2.05, 4.69) is 11.6 Å². The van der Waals surface area contributed by atoms with Gasteiger partial charge in [0.05, 0.1) is 17.0 Å². The molecule has 5 rings (SSSR count). The summed E-state index contributed by atoms with van der Waals surface area (Å²) < 4.78 is 34.4. The highest BCUT2D eigenvalue weighted by Crippen LogP contribution is 2.61. The largest absolute Gasteiger partial charge is 0.495 e. The average molecular weight is 398 g/mol. The van der Waals surface area contributed by atoms with Gasteiger partial charge in [-0.05, 0) is 80.2 Å². The highest BCUT2D eigenvalue weighted by atomic mass is 35.5. The van der Waals surface area contributed by atoms with Crippen molar-refractivity contribution >= 4 is 21.6 Å². The van der Waals surface area contributed by atoms with Crippen LogP contribution < -0.4 is 9.46 Å². The number of rotatable bonds is 6. The lowest BCUT2D eigenvalue weighted by molar-refractivity contribution is -0.0704. The zero-order valence-electron chi connectivity index (χ0n) is 15.5. The summed E-state index contributed by atoms with van der Waals surface area (Å²) >= 11 is 6.05. The first-order chi connectivity index (χ1) is 12.3. The summed E-state index contributed by atoms with van der Waals surface area (Å²) in [6.45, 7) is 2.11. The predicted octanol–water partition coefficient (Wildman–Crippen LogP) is 4.62. The Morgan fingerprint density at radius 1 is 1.19 bits per heavy atom. The molecule has 0 aliphatic heterocycles. The average Bonchev–Trinajstić information content (AvgIpc) is 2.58. The molecule has 1 aromatic carbocycles. The number of nitrogens with one attached hydrogen (secondary N) is 1. The van der Waals surface area contributed by atoms with E-state index in [1.807, 2.05) is 0 Å². The molecule has 0 spiro atoms. The van der Waals surface area contributed by atoms with Gasteiger partial charge >= 0.3 is 0 Å². The van der Waals surface area contributed by atoms with E-state index in [9.17, 15) is 8.42 Å². The summed E-state index contributed by atoms with van der Waals surface area (Å²) in [6.07, 6.45) is 8.46. The van der Waals surface area contributed by atoms with Gasteiger partial charge in [-0.2, -0.15) is 0 Å². The quantitative estimate of drug-likeness (QED) is 0.761. The molecule has 4 aliphatic rings. The van der Waals surface area contributed by atoms with Crippen molar-refractivity contribution in [3.05, 3.63) is 23.2 Å². The third-order valence-corrected chi connectivity index (χ3v) is 8.74. The van der Waals surface area contributed by atoms with Gasteiger partial charge in [0.1, 0.15) is 5.75 Å². The first-order valence-corrected chi connectivity index (χ1v) is 11.6. The topological polar surface area (TPSA) is 55.4 Å². The first kappa shape index (κ1) is 18.6. The minimum absolute atomic E-state index is 0.00238. The Morgan fingerprint density at radius 2 is 1.77 bits per heavy atom. The zero-order chi connectivity index (χ0) is 18.5. The number of sulfonamides is 1. The lowest BCUT2D eigenvalue weighted by Crippen LogP contribution is -2.56. The van der Waals surface area contributed by atoms with Gasteiger partial charge in [-0.25, -0.2) is 13.1 Å². The molecule has 4 saturated carbocycles. The van der Waals surface area contributed by atoms with Gasteiger partial charge in [-0.1, -0.05) is 18.5 Å². The molecule has 0 unspecified atom stereocenters. The highest BCUT2D eigenvalue weighted by Gasteiger charge is 2.54. The summed E-state index contributed by atoms with van der Waals surface area (Å²) in [6, 6.07) is 4.65. The maximum absolute atomic E-state index is 13.1. The molecule has 6 heteroatoms. The predicted molar refractivity (Wildman–Crippen MR) is 103 cm³/mol. The second kappa shape index (κ2) is 6.68. The molecular weight excluding hydrogens is 370 g/mol. The van der Waals surface area contributed by atoms with Crippen molar-refractivity contribution in [1.29, 1.82) is 0 Å². The lowest BCUT2D eigenvalue weighted by Gasteiger charge is -2.59. The van der Waals surface area contributed by atoms with Gasteiger partial charge in [-0.3, -0.25) is 0 Å². The maximum atomic E-state index is 13.1. The molecule has 0 saturated heterocycles. The molecule has 4 fully saturated rings. The van der Waals surface area contributed by atoms with E-state index < -0.39 is 10.0 Å². The molecule has 0 amide bonds. The third kappa shape index (κ3) is 3.16. The maximum Gasteiger partial charge on any atom is 0.240 e. The Bertz CT molecular complexity index is 757.